The molecular formula is C12H19ClN2O2S2. The van der Waals surface area contributed by atoms with Crippen LogP contribution in [0.1, 0.15) is 26.2 Å². The van der Waals surface area contributed by atoms with Gasteiger partial charge in [-0.2, -0.15) is 4.31 Å². The monoisotopic (exact) mass is 322 g/mol. The quantitative estimate of drug-likeness (QED) is 0.906. The minimum atomic E-state index is -3.39. The van der Waals surface area contributed by atoms with Crippen LogP contribution < -0.4 is 5.32 Å². The molecule has 0 radical (unpaired) electrons. The molecule has 0 saturated carbocycles. The summed E-state index contributed by atoms with van der Waals surface area (Å²) < 4.78 is 27.7. The number of likely N-dealkylation sites (N-methyl/N-ethyl adjacent to an activating group) is 1. The number of thiophene rings is 1. The van der Waals surface area contributed by atoms with Crippen molar-refractivity contribution in [3.8, 4) is 0 Å². The molecule has 1 N–H and O–H groups in total. The summed E-state index contributed by atoms with van der Waals surface area (Å²) in [5, 5.41) is 3.25. The van der Waals surface area contributed by atoms with E-state index in [-0.39, 0.29) is 6.04 Å². The van der Waals surface area contributed by atoms with Crippen LogP contribution in [-0.4, -0.2) is 38.4 Å². The number of rotatable bonds is 5. The topological polar surface area (TPSA) is 49.4 Å². The molecule has 0 aromatic carbocycles. The van der Waals surface area contributed by atoms with Gasteiger partial charge in [0.25, 0.3) is 10.0 Å². The lowest BCUT2D eigenvalue weighted by Crippen LogP contribution is -2.48. The van der Waals surface area contributed by atoms with Crippen LogP contribution in [-0.2, 0) is 10.0 Å². The van der Waals surface area contributed by atoms with E-state index in [2.05, 4.69) is 5.32 Å². The molecule has 19 heavy (non-hydrogen) atoms. The average Bonchev–Trinajstić information content (AvgIpc) is 2.84. The Morgan fingerprint density at radius 3 is 2.89 bits per heavy atom. The van der Waals surface area contributed by atoms with Crippen molar-refractivity contribution in [1.29, 1.82) is 0 Å². The van der Waals surface area contributed by atoms with Gasteiger partial charge in [-0.25, -0.2) is 8.42 Å². The van der Waals surface area contributed by atoms with Gasteiger partial charge in [0, 0.05) is 19.1 Å². The van der Waals surface area contributed by atoms with Gasteiger partial charge < -0.3 is 5.32 Å². The standard InChI is InChI=1S/C12H19ClN2O2S2/c1-2-14-9-10-5-3-4-8-15(10)19(16,17)12-7-6-11(13)18-12/h6-7,10,14H,2-5,8-9H2,1H3. The molecule has 2 heterocycles. The Kier molecular flexibility index (Phi) is 5.25. The summed E-state index contributed by atoms with van der Waals surface area (Å²) in [5.41, 5.74) is 0. The van der Waals surface area contributed by atoms with Crippen molar-refractivity contribution in [1.82, 2.24) is 9.62 Å². The largest absolute Gasteiger partial charge is 0.315 e. The molecular weight excluding hydrogens is 304 g/mol. The van der Waals surface area contributed by atoms with Gasteiger partial charge in [-0.15, -0.1) is 11.3 Å². The number of nitrogens with one attached hydrogen (secondary N) is 1. The van der Waals surface area contributed by atoms with Crippen LogP contribution in [0.2, 0.25) is 4.34 Å². The van der Waals surface area contributed by atoms with Gasteiger partial charge >= 0.3 is 0 Å². The molecule has 2 rings (SSSR count). The molecule has 1 aliphatic rings. The second-order valence-electron chi connectivity index (χ2n) is 4.63. The molecule has 0 amide bonds. The van der Waals surface area contributed by atoms with E-state index in [0.29, 0.717) is 15.1 Å². The molecule has 1 atom stereocenters. The van der Waals surface area contributed by atoms with Gasteiger partial charge in [-0.05, 0) is 31.5 Å². The first-order valence-electron chi connectivity index (χ1n) is 6.53. The summed E-state index contributed by atoms with van der Waals surface area (Å²) >= 11 is 6.98. The molecule has 108 valence electrons. The molecule has 1 saturated heterocycles. The number of hydrogen-bond donors (Lipinski definition) is 1. The van der Waals surface area contributed by atoms with E-state index in [0.717, 1.165) is 43.7 Å². The van der Waals surface area contributed by atoms with Crippen LogP contribution in [0.15, 0.2) is 16.3 Å². The van der Waals surface area contributed by atoms with Gasteiger partial charge in [0.2, 0.25) is 0 Å². The fraction of sp³-hybridized carbons (Fsp3) is 0.667. The van der Waals surface area contributed by atoms with Crippen molar-refractivity contribution in [3.05, 3.63) is 16.5 Å². The predicted octanol–water partition coefficient (Wildman–Crippen LogP) is 2.55. The van der Waals surface area contributed by atoms with Crippen molar-refractivity contribution >= 4 is 33.0 Å². The normalized spacial score (nSPS) is 21.7. The van der Waals surface area contributed by atoms with Crippen molar-refractivity contribution in [2.24, 2.45) is 0 Å². The summed E-state index contributed by atoms with van der Waals surface area (Å²) in [6.45, 7) is 4.21. The summed E-state index contributed by atoms with van der Waals surface area (Å²) in [6.07, 6.45) is 2.94. The Hall–Kier alpha value is -0.140. The molecule has 0 spiro atoms. The van der Waals surface area contributed by atoms with E-state index in [9.17, 15) is 8.42 Å². The van der Waals surface area contributed by atoms with Crippen molar-refractivity contribution in [3.63, 3.8) is 0 Å². The number of sulfonamides is 1. The third kappa shape index (κ3) is 3.49. The van der Waals surface area contributed by atoms with E-state index >= 15 is 0 Å². The summed E-state index contributed by atoms with van der Waals surface area (Å²) in [5.74, 6) is 0. The Morgan fingerprint density at radius 2 is 2.26 bits per heavy atom. The highest BCUT2D eigenvalue weighted by molar-refractivity contribution is 7.91. The third-order valence-electron chi connectivity index (χ3n) is 3.31. The van der Waals surface area contributed by atoms with Crippen molar-refractivity contribution in [2.75, 3.05) is 19.6 Å². The predicted molar refractivity (Wildman–Crippen MR) is 79.4 cm³/mol. The van der Waals surface area contributed by atoms with Crippen molar-refractivity contribution < 1.29 is 8.42 Å². The minimum absolute atomic E-state index is 0.0552. The maximum absolute atomic E-state index is 12.6. The second kappa shape index (κ2) is 6.54. The smallest absolute Gasteiger partial charge is 0.252 e. The third-order valence-corrected chi connectivity index (χ3v) is 6.96. The minimum Gasteiger partial charge on any atom is -0.315 e. The zero-order valence-corrected chi connectivity index (χ0v) is 13.3. The lowest BCUT2D eigenvalue weighted by atomic mass is 10.1. The number of nitrogens with zero attached hydrogens (tertiary/aromatic N) is 1. The van der Waals surface area contributed by atoms with E-state index in [4.69, 9.17) is 11.6 Å². The molecule has 1 unspecified atom stereocenters. The molecule has 1 fully saturated rings. The zero-order chi connectivity index (χ0) is 13.9. The highest BCUT2D eigenvalue weighted by atomic mass is 35.5. The second-order valence-corrected chi connectivity index (χ2v) is 8.46. The van der Waals surface area contributed by atoms with Crippen LogP contribution in [0, 0.1) is 0 Å². The van der Waals surface area contributed by atoms with Crippen molar-refractivity contribution in [2.45, 2.75) is 36.4 Å². The van der Waals surface area contributed by atoms with Gasteiger partial charge in [-0.3, -0.25) is 0 Å². The number of piperidine rings is 1. The molecule has 4 nitrogen and oxygen atoms in total. The SMILES string of the molecule is CCNCC1CCCCN1S(=O)(=O)c1ccc(Cl)s1. The first kappa shape index (κ1) is 15.3. The van der Waals surface area contributed by atoms with Gasteiger partial charge in [-0.1, -0.05) is 24.9 Å². The van der Waals surface area contributed by atoms with Gasteiger partial charge in [0.1, 0.15) is 4.21 Å². The summed E-state index contributed by atoms with van der Waals surface area (Å²) in [6, 6.07) is 3.29. The molecule has 1 aromatic heterocycles. The van der Waals surface area contributed by atoms with Crippen LogP contribution in [0.3, 0.4) is 0 Å². The highest BCUT2D eigenvalue weighted by Crippen LogP contribution is 2.31. The summed E-state index contributed by atoms with van der Waals surface area (Å²) in [4.78, 5) is 0. The molecule has 0 bridgehead atoms. The number of hydrogen-bond acceptors (Lipinski definition) is 4. The Bertz CT molecular complexity index is 516. The Balaban J connectivity index is 2.21. The van der Waals surface area contributed by atoms with Gasteiger partial charge in [0.15, 0.2) is 0 Å². The maximum Gasteiger partial charge on any atom is 0.252 e. The summed E-state index contributed by atoms with van der Waals surface area (Å²) in [7, 11) is -3.39. The molecule has 0 aliphatic carbocycles. The molecule has 1 aromatic rings. The number of halogens is 1. The van der Waals surface area contributed by atoms with Crippen LogP contribution in [0.5, 0.6) is 0 Å². The Morgan fingerprint density at radius 1 is 1.47 bits per heavy atom. The first-order chi connectivity index (χ1) is 9.05. The fourth-order valence-corrected chi connectivity index (χ4v) is 5.66. The molecule has 1 aliphatic heterocycles. The van der Waals surface area contributed by atoms with E-state index in [1.807, 2.05) is 6.92 Å². The average molecular weight is 323 g/mol. The highest BCUT2D eigenvalue weighted by Gasteiger charge is 2.33. The Labute approximate surface area is 123 Å². The fourth-order valence-electron chi connectivity index (χ4n) is 2.36. The first-order valence-corrected chi connectivity index (χ1v) is 9.17. The van der Waals surface area contributed by atoms with E-state index in [1.54, 1.807) is 16.4 Å². The van der Waals surface area contributed by atoms with Crippen LogP contribution >= 0.6 is 22.9 Å². The van der Waals surface area contributed by atoms with E-state index < -0.39 is 10.0 Å². The van der Waals surface area contributed by atoms with Crippen LogP contribution in [0.4, 0.5) is 0 Å². The van der Waals surface area contributed by atoms with Gasteiger partial charge in [0.05, 0.1) is 4.34 Å². The zero-order valence-electron chi connectivity index (χ0n) is 10.9. The van der Waals surface area contributed by atoms with E-state index in [1.165, 1.54) is 0 Å². The van der Waals surface area contributed by atoms with Crippen LogP contribution in [0.25, 0.3) is 0 Å². The molecule has 7 heteroatoms. The lowest BCUT2D eigenvalue weighted by Gasteiger charge is -2.34. The lowest BCUT2D eigenvalue weighted by molar-refractivity contribution is 0.247. The maximum atomic E-state index is 12.6.